The summed E-state index contributed by atoms with van der Waals surface area (Å²) in [7, 11) is 0. The Labute approximate surface area is 482 Å². The van der Waals surface area contributed by atoms with Gasteiger partial charge in [-0.1, -0.05) is 319 Å². The summed E-state index contributed by atoms with van der Waals surface area (Å²) in [6, 6.07) is -0.716. The summed E-state index contributed by atoms with van der Waals surface area (Å²) in [5.41, 5.74) is 0. The van der Waals surface area contributed by atoms with Gasteiger partial charge in [-0.3, -0.25) is 4.79 Å². The van der Waals surface area contributed by atoms with Crippen molar-refractivity contribution in [3.8, 4) is 0 Å². The first kappa shape index (κ1) is 74.2. The number of hydrogen-bond acceptors (Lipinski definition) is 8. The van der Waals surface area contributed by atoms with E-state index in [-0.39, 0.29) is 12.5 Å². The summed E-state index contributed by atoms with van der Waals surface area (Å²) >= 11 is 0. The van der Waals surface area contributed by atoms with E-state index in [4.69, 9.17) is 9.47 Å². The molecule has 458 valence electrons. The van der Waals surface area contributed by atoms with Crippen molar-refractivity contribution < 1.29 is 39.8 Å². The zero-order valence-electron chi connectivity index (χ0n) is 51.2. The van der Waals surface area contributed by atoms with E-state index in [9.17, 15) is 30.3 Å². The van der Waals surface area contributed by atoms with Crippen molar-refractivity contribution in [1.29, 1.82) is 0 Å². The lowest BCUT2D eigenvalue weighted by Crippen LogP contribution is -2.60. The minimum absolute atomic E-state index is 0.134. The first-order valence-electron chi connectivity index (χ1n) is 33.8. The van der Waals surface area contributed by atoms with E-state index in [1.165, 1.54) is 238 Å². The van der Waals surface area contributed by atoms with Gasteiger partial charge in [0.2, 0.25) is 5.91 Å². The van der Waals surface area contributed by atoms with Gasteiger partial charge in [-0.25, -0.2) is 0 Å². The number of ether oxygens (including phenoxy) is 2. The molecule has 1 saturated heterocycles. The molecule has 1 rings (SSSR count). The highest BCUT2D eigenvalue weighted by Crippen LogP contribution is 2.24. The standard InChI is InChI=1S/C69H129NO8/c1-3-5-7-9-11-13-15-17-19-20-21-22-23-24-25-26-27-28-29-30-31-32-33-34-35-36-37-38-39-40-41-42-43-44-45-47-49-51-53-55-57-59-65(73)70-62(61-77-69-68(76)67(75)66(74)64(60-71)78-69)63(72)58-56-54-52-50-48-46-18-16-14-12-10-8-6-4-2/h5,7,11,13,17,19,21-22,62-64,66-69,71-72,74-76H,3-4,6,8-10,12,14-16,18,20,23-61H2,1-2H3,(H,70,73)/b7-5-,13-11-,19-17-,22-21-. The number of nitrogens with one attached hydrogen (secondary N) is 1. The van der Waals surface area contributed by atoms with Gasteiger partial charge in [0.25, 0.3) is 0 Å². The van der Waals surface area contributed by atoms with Crippen LogP contribution < -0.4 is 5.32 Å². The Hall–Kier alpha value is -1.85. The topological polar surface area (TPSA) is 149 Å². The Bertz CT molecular complexity index is 1370. The van der Waals surface area contributed by atoms with Crippen molar-refractivity contribution in [1.82, 2.24) is 5.32 Å². The SMILES string of the molecule is CC/C=C\C/C=C\C/C=C\C/C=C\CCCCCCCCCCCCCCCCCCCCCCCCCCCCCCC(=O)NC(COC1OC(CO)C(O)C(O)C1O)C(O)CCCCCCCCCCCCCCCC. The van der Waals surface area contributed by atoms with Gasteiger partial charge < -0.3 is 40.3 Å². The van der Waals surface area contributed by atoms with E-state index in [0.29, 0.717) is 12.8 Å². The van der Waals surface area contributed by atoms with Crippen LogP contribution in [0.25, 0.3) is 0 Å². The molecule has 0 aromatic heterocycles. The van der Waals surface area contributed by atoms with Crippen LogP contribution in [0.15, 0.2) is 48.6 Å². The third-order valence-electron chi connectivity index (χ3n) is 16.2. The first-order chi connectivity index (χ1) is 38.3. The molecule has 0 radical (unpaired) electrons. The number of unbranched alkanes of at least 4 members (excludes halogenated alkanes) is 41. The summed E-state index contributed by atoms with van der Waals surface area (Å²) in [6.07, 6.45) is 72.0. The molecular weight excluding hydrogens is 971 g/mol. The van der Waals surface area contributed by atoms with Crippen molar-refractivity contribution in [3.63, 3.8) is 0 Å². The molecule has 7 unspecified atom stereocenters. The fraction of sp³-hybridized carbons (Fsp3) is 0.870. The Kier molecular flexibility index (Phi) is 55.5. The van der Waals surface area contributed by atoms with Crippen LogP contribution in [0.4, 0.5) is 0 Å². The van der Waals surface area contributed by atoms with Crippen LogP contribution in [-0.2, 0) is 14.3 Å². The van der Waals surface area contributed by atoms with Crippen molar-refractivity contribution in [3.05, 3.63) is 48.6 Å². The molecule has 0 bridgehead atoms. The van der Waals surface area contributed by atoms with Gasteiger partial charge >= 0.3 is 0 Å². The fourth-order valence-corrected chi connectivity index (χ4v) is 10.9. The lowest BCUT2D eigenvalue weighted by atomic mass is 9.99. The van der Waals surface area contributed by atoms with E-state index in [1.54, 1.807) is 0 Å². The second-order valence-corrected chi connectivity index (χ2v) is 23.6. The van der Waals surface area contributed by atoms with E-state index in [0.717, 1.165) is 64.2 Å². The predicted molar refractivity (Wildman–Crippen MR) is 332 cm³/mol. The van der Waals surface area contributed by atoms with Gasteiger partial charge in [0.15, 0.2) is 6.29 Å². The van der Waals surface area contributed by atoms with Gasteiger partial charge in [-0.05, 0) is 51.4 Å². The lowest BCUT2D eigenvalue weighted by molar-refractivity contribution is -0.302. The molecule has 0 aromatic carbocycles. The van der Waals surface area contributed by atoms with Crippen molar-refractivity contribution in [2.24, 2.45) is 0 Å². The molecule has 7 atom stereocenters. The molecule has 0 aliphatic carbocycles. The third-order valence-corrected chi connectivity index (χ3v) is 16.2. The van der Waals surface area contributed by atoms with E-state index in [2.05, 4.69) is 67.8 Å². The summed E-state index contributed by atoms with van der Waals surface area (Å²) < 4.78 is 11.3. The number of allylic oxidation sites excluding steroid dienone is 8. The number of rotatable bonds is 59. The molecular formula is C69H129NO8. The second-order valence-electron chi connectivity index (χ2n) is 23.6. The number of aliphatic hydroxyl groups is 5. The van der Waals surface area contributed by atoms with Gasteiger partial charge in [0, 0.05) is 6.42 Å². The third kappa shape index (κ3) is 46.7. The minimum atomic E-state index is -1.55. The highest BCUT2D eigenvalue weighted by molar-refractivity contribution is 5.76. The smallest absolute Gasteiger partial charge is 0.220 e. The van der Waals surface area contributed by atoms with E-state index < -0.39 is 49.5 Å². The molecule has 0 spiro atoms. The highest BCUT2D eigenvalue weighted by Gasteiger charge is 2.44. The summed E-state index contributed by atoms with van der Waals surface area (Å²) in [4.78, 5) is 13.1. The van der Waals surface area contributed by atoms with Gasteiger partial charge in [0.05, 0.1) is 25.4 Å². The first-order valence-corrected chi connectivity index (χ1v) is 33.8. The minimum Gasteiger partial charge on any atom is -0.394 e. The highest BCUT2D eigenvalue weighted by atomic mass is 16.7. The number of aliphatic hydroxyl groups excluding tert-OH is 5. The Morgan fingerprint density at radius 1 is 0.449 bits per heavy atom. The lowest BCUT2D eigenvalue weighted by Gasteiger charge is -2.40. The maximum absolute atomic E-state index is 13.1. The summed E-state index contributed by atoms with van der Waals surface area (Å²) in [5, 5.41) is 54.7. The van der Waals surface area contributed by atoms with Crippen molar-refractivity contribution in [2.45, 2.75) is 371 Å². The molecule has 9 nitrogen and oxygen atoms in total. The van der Waals surface area contributed by atoms with Crippen LogP contribution >= 0.6 is 0 Å². The molecule has 1 fully saturated rings. The number of hydrogen-bond donors (Lipinski definition) is 6. The van der Waals surface area contributed by atoms with Gasteiger partial charge in [-0.15, -0.1) is 0 Å². The molecule has 1 aliphatic heterocycles. The maximum Gasteiger partial charge on any atom is 0.220 e. The van der Waals surface area contributed by atoms with Crippen molar-refractivity contribution in [2.75, 3.05) is 13.2 Å². The molecule has 1 aliphatic rings. The van der Waals surface area contributed by atoms with Crippen LogP contribution in [0.1, 0.15) is 328 Å². The monoisotopic (exact) mass is 1100 g/mol. The average molecular weight is 1100 g/mol. The van der Waals surface area contributed by atoms with Crippen molar-refractivity contribution >= 4 is 5.91 Å². The van der Waals surface area contributed by atoms with E-state index >= 15 is 0 Å². The second kappa shape index (κ2) is 58.4. The van der Waals surface area contributed by atoms with Gasteiger partial charge in [-0.2, -0.15) is 0 Å². The van der Waals surface area contributed by atoms with Crippen LogP contribution in [0.3, 0.4) is 0 Å². The number of carbonyl (C=O) groups excluding carboxylic acids is 1. The Morgan fingerprint density at radius 2 is 0.795 bits per heavy atom. The molecule has 1 amide bonds. The Balaban J connectivity index is 2.00. The molecule has 0 saturated carbocycles. The molecule has 0 aromatic rings. The fourth-order valence-electron chi connectivity index (χ4n) is 10.9. The van der Waals surface area contributed by atoms with Crippen LogP contribution in [-0.4, -0.2) is 87.5 Å². The number of carbonyl (C=O) groups is 1. The molecule has 9 heteroatoms. The average Bonchev–Trinajstić information content (AvgIpc) is 3.46. The quantitative estimate of drug-likeness (QED) is 0.0261. The summed E-state index contributed by atoms with van der Waals surface area (Å²) in [5.74, 6) is -0.138. The zero-order valence-corrected chi connectivity index (χ0v) is 51.2. The van der Waals surface area contributed by atoms with Gasteiger partial charge in [0.1, 0.15) is 24.4 Å². The summed E-state index contributed by atoms with van der Waals surface area (Å²) in [6.45, 7) is 3.75. The Morgan fingerprint density at radius 3 is 1.18 bits per heavy atom. The normalized spacial score (nSPS) is 18.9. The van der Waals surface area contributed by atoms with Crippen LogP contribution in [0.5, 0.6) is 0 Å². The van der Waals surface area contributed by atoms with Crippen LogP contribution in [0, 0.1) is 0 Å². The maximum atomic E-state index is 13.1. The zero-order chi connectivity index (χ0) is 56.5. The van der Waals surface area contributed by atoms with Crippen LogP contribution in [0.2, 0.25) is 0 Å². The molecule has 78 heavy (non-hydrogen) atoms. The molecule has 1 heterocycles. The largest absolute Gasteiger partial charge is 0.394 e. The molecule has 6 N–H and O–H groups in total. The predicted octanol–water partition coefficient (Wildman–Crippen LogP) is 18.0. The van der Waals surface area contributed by atoms with E-state index in [1.807, 2.05) is 0 Å². The number of amides is 1.